The molecule has 0 saturated heterocycles. The number of anilines is 2. The number of hydrazone groups is 2. The Kier molecular flexibility index (Phi) is 7.20. The van der Waals surface area contributed by atoms with Crippen LogP contribution in [0.15, 0.2) is 95.1 Å². The zero-order valence-electron chi connectivity index (χ0n) is 16.0. The molecule has 0 atom stereocenters. The molecule has 0 spiro atoms. The Bertz CT molecular complexity index is 964. The van der Waals surface area contributed by atoms with Gasteiger partial charge in [-0.1, -0.05) is 60.7 Å². The van der Waals surface area contributed by atoms with Gasteiger partial charge in [0, 0.05) is 0 Å². The van der Waals surface area contributed by atoms with Gasteiger partial charge < -0.3 is 11.5 Å². The van der Waals surface area contributed by atoms with Crippen molar-refractivity contribution in [3.8, 4) is 0 Å². The molecule has 0 aliphatic heterocycles. The fourth-order valence-electron chi connectivity index (χ4n) is 2.56. The Morgan fingerprint density at radius 2 is 0.933 bits per heavy atom. The maximum absolute atomic E-state index is 5.80. The molecule has 6 nitrogen and oxygen atoms in total. The summed E-state index contributed by atoms with van der Waals surface area (Å²) in [6, 6.07) is 26.6. The Morgan fingerprint density at radius 1 is 0.600 bits per heavy atom. The number of nitrogens with zero attached hydrogens (tertiary/aromatic N) is 4. The van der Waals surface area contributed by atoms with Crippen molar-refractivity contribution in [2.24, 2.45) is 21.7 Å². The maximum atomic E-state index is 5.80. The number of nitrogens with two attached hydrogens (primary N) is 2. The summed E-state index contributed by atoms with van der Waals surface area (Å²) >= 11 is 10.2. The van der Waals surface area contributed by atoms with Gasteiger partial charge in [-0.15, -0.1) is 0 Å². The minimum atomic E-state index is 0.167. The largest absolute Gasteiger partial charge is 0.374 e. The highest BCUT2D eigenvalue weighted by Crippen LogP contribution is 2.15. The molecule has 0 fully saturated rings. The standard InChI is InChI=1S/C22H20N6S2/c23-21(29)27(19-7-3-1-4-8-19)25-15-17-11-13-18(14-12-17)16-26-28(22(24)30)20-9-5-2-6-10-20/h1-16H,(H2,23,29)(H2,24,30)/b25-15+,26-16+. The van der Waals surface area contributed by atoms with E-state index in [1.165, 1.54) is 10.0 Å². The van der Waals surface area contributed by atoms with Gasteiger partial charge in [0.05, 0.1) is 23.8 Å². The van der Waals surface area contributed by atoms with Crippen LogP contribution >= 0.6 is 24.4 Å². The summed E-state index contributed by atoms with van der Waals surface area (Å²) < 4.78 is 0. The van der Waals surface area contributed by atoms with Crippen molar-refractivity contribution in [3.63, 3.8) is 0 Å². The average Bonchev–Trinajstić information content (AvgIpc) is 2.76. The maximum Gasteiger partial charge on any atom is 0.191 e. The van der Waals surface area contributed by atoms with Crippen molar-refractivity contribution in [2.75, 3.05) is 10.0 Å². The molecule has 0 saturated carbocycles. The molecule has 0 aliphatic rings. The van der Waals surface area contributed by atoms with Crippen LogP contribution in [0.25, 0.3) is 0 Å². The van der Waals surface area contributed by atoms with E-state index >= 15 is 0 Å². The van der Waals surface area contributed by atoms with Crippen LogP contribution < -0.4 is 21.5 Å². The summed E-state index contributed by atoms with van der Waals surface area (Å²) in [5, 5.41) is 12.1. The van der Waals surface area contributed by atoms with Gasteiger partial charge in [0.2, 0.25) is 0 Å². The lowest BCUT2D eigenvalue weighted by molar-refractivity contribution is 1.14. The molecule has 0 aliphatic carbocycles. The number of rotatable bonds is 6. The number of hydrogen-bond donors (Lipinski definition) is 2. The van der Waals surface area contributed by atoms with E-state index in [1.54, 1.807) is 12.4 Å². The first-order valence-electron chi connectivity index (χ1n) is 9.02. The molecule has 8 heteroatoms. The lowest BCUT2D eigenvalue weighted by Gasteiger charge is -2.16. The lowest BCUT2D eigenvalue weighted by atomic mass is 10.2. The third-order valence-electron chi connectivity index (χ3n) is 4.00. The fourth-order valence-corrected chi connectivity index (χ4v) is 2.86. The van der Waals surface area contributed by atoms with Crippen molar-refractivity contribution < 1.29 is 0 Å². The number of benzene rings is 3. The summed E-state index contributed by atoms with van der Waals surface area (Å²) in [5.74, 6) is 0. The molecule has 0 unspecified atom stereocenters. The molecular weight excluding hydrogens is 412 g/mol. The highest BCUT2D eigenvalue weighted by Gasteiger charge is 2.07. The van der Waals surface area contributed by atoms with Crippen LogP contribution in [0.1, 0.15) is 11.1 Å². The fraction of sp³-hybridized carbons (Fsp3) is 0. The van der Waals surface area contributed by atoms with Gasteiger partial charge in [-0.2, -0.15) is 10.2 Å². The Balaban J connectivity index is 1.73. The lowest BCUT2D eigenvalue weighted by Crippen LogP contribution is -2.31. The van der Waals surface area contributed by atoms with E-state index in [0.717, 1.165) is 22.5 Å². The van der Waals surface area contributed by atoms with E-state index in [2.05, 4.69) is 10.2 Å². The predicted octanol–water partition coefficient (Wildman–Crippen LogP) is 3.85. The quantitative estimate of drug-likeness (QED) is 0.350. The van der Waals surface area contributed by atoms with Gasteiger partial charge in [0.1, 0.15) is 0 Å². The molecule has 3 rings (SSSR count). The molecule has 0 radical (unpaired) electrons. The van der Waals surface area contributed by atoms with Crippen molar-refractivity contribution in [1.82, 2.24) is 0 Å². The van der Waals surface area contributed by atoms with Gasteiger partial charge >= 0.3 is 0 Å². The Hall–Kier alpha value is -3.62. The Labute approximate surface area is 186 Å². The first kappa shape index (κ1) is 21.1. The Morgan fingerprint density at radius 3 is 1.23 bits per heavy atom. The van der Waals surface area contributed by atoms with E-state index in [-0.39, 0.29) is 10.2 Å². The number of thiocarbonyl (C=S) groups is 2. The zero-order valence-corrected chi connectivity index (χ0v) is 17.6. The van der Waals surface area contributed by atoms with Gasteiger partial charge in [-0.25, -0.2) is 10.0 Å². The minimum absolute atomic E-state index is 0.167. The summed E-state index contributed by atoms with van der Waals surface area (Å²) in [6.45, 7) is 0. The molecule has 0 amide bonds. The number of hydrogen-bond acceptors (Lipinski definition) is 4. The van der Waals surface area contributed by atoms with E-state index in [1.807, 2.05) is 84.9 Å². The highest BCUT2D eigenvalue weighted by molar-refractivity contribution is 7.80. The van der Waals surface area contributed by atoms with Crippen LogP contribution in [-0.2, 0) is 0 Å². The third kappa shape index (κ3) is 5.69. The van der Waals surface area contributed by atoms with Gasteiger partial charge in [-0.05, 0) is 59.8 Å². The van der Waals surface area contributed by atoms with E-state index in [0.29, 0.717) is 0 Å². The molecule has 3 aromatic rings. The first-order chi connectivity index (χ1) is 14.5. The van der Waals surface area contributed by atoms with Crippen LogP contribution in [0.5, 0.6) is 0 Å². The van der Waals surface area contributed by atoms with Crippen molar-refractivity contribution >= 4 is 58.5 Å². The van der Waals surface area contributed by atoms with Crippen LogP contribution in [0.4, 0.5) is 11.4 Å². The van der Waals surface area contributed by atoms with E-state index < -0.39 is 0 Å². The molecule has 150 valence electrons. The molecule has 30 heavy (non-hydrogen) atoms. The second kappa shape index (κ2) is 10.2. The van der Waals surface area contributed by atoms with Crippen LogP contribution in [0.3, 0.4) is 0 Å². The minimum Gasteiger partial charge on any atom is -0.374 e. The monoisotopic (exact) mass is 432 g/mol. The van der Waals surface area contributed by atoms with Crippen LogP contribution in [0, 0.1) is 0 Å². The molecule has 3 aromatic carbocycles. The SMILES string of the molecule is NC(=S)N(/N=C/c1ccc(/C=N/N(C(N)=S)c2ccccc2)cc1)c1ccccc1. The molecule has 0 aromatic heterocycles. The molecule has 0 heterocycles. The zero-order chi connectivity index (χ0) is 21.3. The highest BCUT2D eigenvalue weighted by atomic mass is 32.1. The van der Waals surface area contributed by atoms with Crippen molar-refractivity contribution in [2.45, 2.75) is 0 Å². The van der Waals surface area contributed by atoms with E-state index in [9.17, 15) is 0 Å². The average molecular weight is 433 g/mol. The third-order valence-corrected chi connectivity index (χ3v) is 4.35. The first-order valence-corrected chi connectivity index (χ1v) is 9.83. The van der Waals surface area contributed by atoms with Gasteiger partial charge in [-0.3, -0.25) is 0 Å². The van der Waals surface area contributed by atoms with Gasteiger partial charge in [0.15, 0.2) is 10.2 Å². The van der Waals surface area contributed by atoms with Crippen LogP contribution in [0.2, 0.25) is 0 Å². The molecule has 4 N–H and O–H groups in total. The summed E-state index contributed by atoms with van der Waals surface area (Å²) in [4.78, 5) is 0. The van der Waals surface area contributed by atoms with Crippen molar-refractivity contribution in [1.29, 1.82) is 0 Å². The second-order valence-electron chi connectivity index (χ2n) is 6.13. The smallest absolute Gasteiger partial charge is 0.191 e. The normalized spacial score (nSPS) is 10.9. The summed E-state index contributed by atoms with van der Waals surface area (Å²) in [5.41, 5.74) is 15.0. The van der Waals surface area contributed by atoms with Gasteiger partial charge in [0.25, 0.3) is 0 Å². The molecule has 0 bridgehead atoms. The van der Waals surface area contributed by atoms with Crippen LogP contribution in [-0.4, -0.2) is 22.7 Å². The molecular formula is C22H20N6S2. The number of para-hydroxylation sites is 2. The predicted molar refractivity (Wildman–Crippen MR) is 133 cm³/mol. The summed E-state index contributed by atoms with van der Waals surface area (Å²) in [7, 11) is 0. The van der Waals surface area contributed by atoms with E-state index in [4.69, 9.17) is 35.9 Å². The second-order valence-corrected chi connectivity index (χ2v) is 6.96. The topological polar surface area (TPSA) is 83.2 Å². The van der Waals surface area contributed by atoms with Crippen molar-refractivity contribution in [3.05, 3.63) is 96.1 Å². The summed E-state index contributed by atoms with van der Waals surface area (Å²) in [6.07, 6.45) is 3.39.